The summed E-state index contributed by atoms with van der Waals surface area (Å²) in [7, 11) is 0. The highest BCUT2D eigenvalue weighted by Gasteiger charge is 2.33. The number of hydrogen-bond acceptors (Lipinski definition) is 3. The number of benzene rings is 1. The van der Waals surface area contributed by atoms with Crippen LogP contribution in [0.15, 0.2) is 30.3 Å². The van der Waals surface area contributed by atoms with Gasteiger partial charge in [0.2, 0.25) is 0 Å². The summed E-state index contributed by atoms with van der Waals surface area (Å²) in [5, 5.41) is 11.4. The Kier molecular flexibility index (Phi) is 4.00. The van der Waals surface area contributed by atoms with Crippen LogP contribution in [-0.4, -0.2) is 4.98 Å². The third-order valence-electron chi connectivity index (χ3n) is 2.43. The zero-order valence-electron chi connectivity index (χ0n) is 10.2. The Hall–Kier alpha value is -2.33. The van der Waals surface area contributed by atoms with Crippen molar-refractivity contribution in [2.75, 3.05) is 5.32 Å². The molecule has 1 N–H and O–H groups in total. The van der Waals surface area contributed by atoms with Crippen molar-refractivity contribution in [2.24, 2.45) is 0 Å². The first kappa shape index (κ1) is 15.1. The fourth-order valence-electron chi connectivity index (χ4n) is 1.57. The molecule has 0 fully saturated rings. The fraction of sp³-hybridized carbons (Fsp3) is 0.0769. The Morgan fingerprint density at radius 2 is 1.90 bits per heavy atom. The number of aromatic nitrogens is 1. The van der Waals surface area contributed by atoms with Crippen LogP contribution in [0.2, 0.25) is 5.02 Å². The van der Waals surface area contributed by atoms with Gasteiger partial charge in [-0.25, -0.2) is 9.37 Å². The van der Waals surface area contributed by atoms with Gasteiger partial charge in [0.05, 0.1) is 5.56 Å². The highest BCUT2D eigenvalue weighted by molar-refractivity contribution is 6.30. The van der Waals surface area contributed by atoms with Crippen LogP contribution in [0.5, 0.6) is 0 Å². The number of nitrogens with one attached hydrogen (secondary N) is 1. The monoisotopic (exact) mass is 315 g/mol. The zero-order valence-corrected chi connectivity index (χ0v) is 10.9. The second-order valence-corrected chi connectivity index (χ2v) is 4.42. The van der Waals surface area contributed by atoms with Gasteiger partial charge in [0.25, 0.3) is 0 Å². The summed E-state index contributed by atoms with van der Waals surface area (Å²) in [6, 6.07) is 6.75. The smallest absolute Gasteiger partial charge is 0.339 e. The average Bonchev–Trinajstić information content (AvgIpc) is 2.36. The molecule has 8 heteroatoms. The first-order valence-corrected chi connectivity index (χ1v) is 5.89. The van der Waals surface area contributed by atoms with Crippen LogP contribution in [0.1, 0.15) is 11.3 Å². The van der Waals surface area contributed by atoms with Gasteiger partial charge in [0.1, 0.15) is 23.4 Å². The van der Waals surface area contributed by atoms with Crippen LogP contribution in [-0.2, 0) is 6.18 Å². The lowest BCUT2D eigenvalue weighted by molar-refractivity contribution is -0.141. The van der Waals surface area contributed by atoms with Crippen molar-refractivity contribution < 1.29 is 17.6 Å². The third kappa shape index (κ3) is 3.61. The van der Waals surface area contributed by atoms with Crippen molar-refractivity contribution in [1.29, 1.82) is 5.26 Å². The summed E-state index contributed by atoms with van der Waals surface area (Å²) in [4.78, 5) is 3.35. The number of halogens is 5. The van der Waals surface area contributed by atoms with E-state index in [0.29, 0.717) is 6.07 Å². The van der Waals surface area contributed by atoms with E-state index in [-0.39, 0.29) is 22.1 Å². The van der Waals surface area contributed by atoms with Gasteiger partial charge in [-0.3, -0.25) is 0 Å². The fourth-order valence-corrected chi connectivity index (χ4v) is 1.79. The van der Waals surface area contributed by atoms with Gasteiger partial charge in [0, 0.05) is 10.7 Å². The molecule has 1 aromatic carbocycles. The molecular weight excluding hydrogens is 310 g/mol. The van der Waals surface area contributed by atoms with Crippen LogP contribution in [0.3, 0.4) is 0 Å². The predicted molar refractivity (Wildman–Crippen MR) is 68.6 cm³/mol. The molecule has 0 bridgehead atoms. The van der Waals surface area contributed by atoms with Crippen LogP contribution in [0, 0.1) is 17.1 Å². The van der Waals surface area contributed by atoms with Crippen LogP contribution >= 0.6 is 11.6 Å². The van der Waals surface area contributed by atoms with Gasteiger partial charge in [-0.15, -0.1) is 0 Å². The van der Waals surface area contributed by atoms with E-state index in [0.717, 1.165) is 18.2 Å². The SMILES string of the molecule is N#Cc1ccc(C(F)(F)F)nc1Nc1cc(F)cc(Cl)c1. The average molecular weight is 316 g/mol. The van der Waals surface area contributed by atoms with E-state index in [1.54, 1.807) is 6.07 Å². The minimum Gasteiger partial charge on any atom is -0.339 e. The maximum Gasteiger partial charge on any atom is 0.433 e. The number of rotatable bonds is 2. The van der Waals surface area contributed by atoms with Crippen LogP contribution in [0.4, 0.5) is 29.1 Å². The van der Waals surface area contributed by atoms with E-state index in [2.05, 4.69) is 10.3 Å². The Balaban J connectivity index is 2.45. The number of hydrogen-bond donors (Lipinski definition) is 1. The van der Waals surface area contributed by atoms with Crippen LogP contribution in [0.25, 0.3) is 0 Å². The number of alkyl halides is 3. The molecule has 0 saturated carbocycles. The minimum absolute atomic E-state index is 0.0583. The van der Waals surface area contributed by atoms with E-state index < -0.39 is 17.7 Å². The van der Waals surface area contributed by atoms with Gasteiger partial charge in [-0.1, -0.05) is 11.6 Å². The van der Waals surface area contributed by atoms with Crippen molar-refractivity contribution in [3.8, 4) is 6.07 Å². The van der Waals surface area contributed by atoms with E-state index in [1.807, 2.05) is 0 Å². The number of nitrogens with zero attached hydrogens (tertiary/aromatic N) is 2. The molecule has 108 valence electrons. The predicted octanol–water partition coefficient (Wildman–Crippen LogP) is 4.51. The lowest BCUT2D eigenvalue weighted by Crippen LogP contribution is -2.10. The summed E-state index contributed by atoms with van der Waals surface area (Å²) in [6.45, 7) is 0. The van der Waals surface area contributed by atoms with Crippen LogP contribution < -0.4 is 5.32 Å². The highest BCUT2D eigenvalue weighted by atomic mass is 35.5. The van der Waals surface area contributed by atoms with E-state index in [9.17, 15) is 17.6 Å². The first-order valence-electron chi connectivity index (χ1n) is 5.51. The Bertz CT molecular complexity index is 702. The summed E-state index contributed by atoms with van der Waals surface area (Å²) in [5.74, 6) is -0.996. The van der Waals surface area contributed by atoms with Gasteiger partial charge in [0.15, 0.2) is 0 Å². The van der Waals surface area contributed by atoms with Gasteiger partial charge in [-0.2, -0.15) is 18.4 Å². The quantitative estimate of drug-likeness (QED) is 0.830. The summed E-state index contributed by atoms with van der Waals surface area (Å²) in [5.41, 5.74) is -1.18. The molecule has 1 aromatic heterocycles. The third-order valence-corrected chi connectivity index (χ3v) is 2.65. The standard InChI is InChI=1S/C13H6ClF4N3/c14-8-3-9(15)5-10(4-8)20-12-7(6-19)1-2-11(21-12)13(16,17)18/h1-5H,(H,20,21). The molecule has 21 heavy (non-hydrogen) atoms. The molecule has 0 unspecified atom stereocenters. The molecular formula is C13H6ClF4N3. The molecule has 0 saturated heterocycles. The summed E-state index contributed by atoms with van der Waals surface area (Å²) < 4.78 is 51.0. The van der Waals surface area contributed by atoms with Crippen molar-refractivity contribution in [2.45, 2.75) is 6.18 Å². The Morgan fingerprint density at radius 1 is 1.19 bits per heavy atom. The lowest BCUT2D eigenvalue weighted by atomic mass is 10.2. The molecule has 1 heterocycles. The molecule has 0 radical (unpaired) electrons. The summed E-state index contributed by atoms with van der Waals surface area (Å²) >= 11 is 5.65. The van der Waals surface area contributed by atoms with Crippen molar-refractivity contribution in [3.63, 3.8) is 0 Å². The van der Waals surface area contributed by atoms with Gasteiger partial charge < -0.3 is 5.32 Å². The Morgan fingerprint density at radius 3 is 2.48 bits per heavy atom. The normalized spacial score (nSPS) is 11.0. The van der Waals surface area contributed by atoms with E-state index in [1.165, 1.54) is 6.07 Å². The van der Waals surface area contributed by atoms with Crippen molar-refractivity contribution >= 4 is 23.1 Å². The van der Waals surface area contributed by atoms with E-state index in [4.69, 9.17) is 16.9 Å². The molecule has 2 aromatic rings. The molecule has 2 rings (SSSR count). The molecule has 0 aliphatic rings. The molecule has 0 aliphatic carbocycles. The molecule has 0 spiro atoms. The zero-order chi connectivity index (χ0) is 15.6. The highest BCUT2D eigenvalue weighted by Crippen LogP contribution is 2.30. The lowest BCUT2D eigenvalue weighted by Gasteiger charge is -2.11. The van der Waals surface area contributed by atoms with Crippen molar-refractivity contribution in [1.82, 2.24) is 4.98 Å². The first-order chi connectivity index (χ1) is 9.79. The summed E-state index contributed by atoms with van der Waals surface area (Å²) in [6.07, 6.45) is -4.65. The Labute approximate surface area is 121 Å². The topological polar surface area (TPSA) is 48.7 Å². The van der Waals surface area contributed by atoms with Gasteiger partial charge >= 0.3 is 6.18 Å². The van der Waals surface area contributed by atoms with Gasteiger partial charge in [-0.05, 0) is 30.3 Å². The second-order valence-electron chi connectivity index (χ2n) is 3.99. The van der Waals surface area contributed by atoms with Crippen molar-refractivity contribution in [3.05, 3.63) is 52.4 Å². The minimum atomic E-state index is -4.65. The number of nitriles is 1. The maximum atomic E-state index is 13.2. The number of anilines is 2. The largest absolute Gasteiger partial charge is 0.433 e. The molecule has 0 amide bonds. The molecule has 0 aliphatic heterocycles. The molecule has 0 atom stereocenters. The number of pyridine rings is 1. The second kappa shape index (κ2) is 5.58. The van der Waals surface area contributed by atoms with E-state index >= 15 is 0 Å². The maximum absolute atomic E-state index is 13.2. The molecule has 3 nitrogen and oxygen atoms in total.